The molecule has 0 aliphatic rings. The molecule has 74 heavy (non-hydrogen) atoms. The van der Waals surface area contributed by atoms with E-state index in [-0.39, 0.29) is 12.8 Å². The Labute approximate surface area is 446 Å². The third kappa shape index (κ3) is 54.0. The highest BCUT2D eigenvalue weighted by molar-refractivity contribution is 7.47. The molecule has 5 unspecified atom stereocenters. The largest absolute Gasteiger partial charge is 0.472 e. The number of unbranched alkanes of at least 4 members (excludes halogenated alkanes) is 19. The summed E-state index contributed by atoms with van der Waals surface area (Å²) < 4.78 is 53.2. The maximum absolute atomic E-state index is 12.2. The van der Waals surface area contributed by atoms with Crippen LogP contribution in [0.4, 0.5) is 0 Å². The van der Waals surface area contributed by atoms with E-state index in [1.54, 1.807) is 0 Å². The molecule has 0 aliphatic heterocycles. The molecular weight excluding hydrogens is 987 g/mol. The van der Waals surface area contributed by atoms with Gasteiger partial charge in [-0.2, -0.15) is 0 Å². The Morgan fingerprint density at radius 2 is 0.581 bits per heavy atom. The number of carbonyl (C=O) groups is 2. The topological polar surface area (TPSA) is 225 Å². The fourth-order valence-corrected chi connectivity index (χ4v) is 8.56. The van der Waals surface area contributed by atoms with Crippen LogP contribution in [0, 0.1) is 0 Å². The van der Waals surface area contributed by atoms with E-state index < -0.39 is 85.5 Å². The summed E-state index contributed by atoms with van der Waals surface area (Å²) in [6.45, 7) is 0.345. The number of phosphoric acid groups is 2. The molecule has 428 valence electrons. The molecule has 5 atom stereocenters. The molecule has 0 aromatic heterocycles. The van der Waals surface area contributed by atoms with Gasteiger partial charge < -0.3 is 34.6 Å². The van der Waals surface area contributed by atoms with Crippen LogP contribution in [-0.4, -0.2) is 95.0 Å². The van der Waals surface area contributed by atoms with Crippen molar-refractivity contribution in [1.82, 2.24) is 0 Å². The molecule has 0 radical (unpaired) electrons. The summed E-state index contributed by atoms with van der Waals surface area (Å²) >= 11 is 0. The van der Waals surface area contributed by atoms with Gasteiger partial charge in [-0.05, 0) is 96.3 Å². The highest BCUT2D eigenvalue weighted by Crippen LogP contribution is 2.45. The van der Waals surface area contributed by atoms with Crippen LogP contribution in [0.25, 0.3) is 0 Å². The first-order chi connectivity index (χ1) is 35.8. The number of allylic oxidation sites excluding steroid dienone is 14. The fraction of sp³-hybridized carbons (Fsp3) is 0.719. The molecule has 17 heteroatoms. The van der Waals surface area contributed by atoms with Crippen LogP contribution in [0.5, 0.6) is 0 Å². The SMILES string of the molecule is CCCCC/C=C\C/C=C\C/C=C\C/C=C\CCCCCCCC(=O)OCC(O)COP(=O)(O)OCC(O)COP(=O)(O)OCC(O)COC(=O)CCCCCCCCCC/C=C\C/C=C\C/C=C\CCCCC. The summed E-state index contributed by atoms with van der Waals surface area (Å²) in [5.74, 6) is -1.02. The van der Waals surface area contributed by atoms with Crippen molar-refractivity contribution in [3.8, 4) is 0 Å². The van der Waals surface area contributed by atoms with E-state index in [1.165, 1.54) is 70.6 Å². The molecular formula is C57H100O15P2. The van der Waals surface area contributed by atoms with Crippen molar-refractivity contribution in [3.63, 3.8) is 0 Å². The summed E-state index contributed by atoms with van der Waals surface area (Å²) in [6, 6.07) is 0. The van der Waals surface area contributed by atoms with Crippen LogP contribution in [0.1, 0.15) is 206 Å². The number of phosphoric ester groups is 2. The minimum atomic E-state index is -4.80. The molecule has 0 heterocycles. The molecule has 0 saturated carbocycles. The van der Waals surface area contributed by atoms with Crippen LogP contribution in [0.3, 0.4) is 0 Å². The van der Waals surface area contributed by atoms with E-state index in [4.69, 9.17) is 18.5 Å². The maximum Gasteiger partial charge on any atom is 0.472 e. The minimum absolute atomic E-state index is 0.172. The Hall–Kier alpha value is -2.78. The second-order valence-corrected chi connectivity index (χ2v) is 21.5. The van der Waals surface area contributed by atoms with Crippen molar-refractivity contribution in [2.75, 3.05) is 39.6 Å². The predicted molar refractivity (Wildman–Crippen MR) is 297 cm³/mol. The van der Waals surface area contributed by atoms with Crippen LogP contribution in [-0.2, 0) is 46.3 Å². The van der Waals surface area contributed by atoms with Gasteiger partial charge in [-0.1, -0.05) is 182 Å². The van der Waals surface area contributed by atoms with Gasteiger partial charge in [0, 0.05) is 12.8 Å². The Morgan fingerprint density at radius 3 is 0.865 bits per heavy atom. The van der Waals surface area contributed by atoms with Gasteiger partial charge in [-0.25, -0.2) is 9.13 Å². The summed E-state index contributed by atoms with van der Waals surface area (Å²) in [5.41, 5.74) is 0. The van der Waals surface area contributed by atoms with Crippen molar-refractivity contribution in [2.24, 2.45) is 0 Å². The summed E-state index contributed by atoms with van der Waals surface area (Å²) in [5, 5.41) is 30.1. The number of aliphatic hydroxyl groups excluding tert-OH is 3. The van der Waals surface area contributed by atoms with Crippen molar-refractivity contribution < 1.29 is 71.4 Å². The van der Waals surface area contributed by atoms with Crippen molar-refractivity contribution >= 4 is 27.6 Å². The van der Waals surface area contributed by atoms with E-state index in [1.807, 2.05) is 0 Å². The first-order valence-electron chi connectivity index (χ1n) is 27.9. The van der Waals surface area contributed by atoms with Gasteiger partial charge in [-0.3, -0.25) is 27.7 Å². The molecule has 0 rings (SSSR count). The average Bonchev–Trinajstić information content (AvgIpc) is 3.38. The van der Waals surface area contributed by atoms with Crippen LogP contribution in [0.2, 0.25) is 0 Å². The molecule has 0 fully saturated rings. The van der Waals surface area contributed by atoms with E-state index in [0.717, 1.165) is 96.3 Å². The van der Waals surface area contributed by atoms with Gasteiger partial charge in [0.05, 0.1) is 26.4 Å². The first kappa shape index (κ1) is 71.2. The number of esters is 2. The molecule has 0 amide bonds. The van der Waals surface area contributed by atoms with Crippen molar-refractivity contribution in [1.29, 1.82) is 0 Å². The lowest BCUT2D eigenvalue weighted by molar-refractivity contribution is -0.148. The second kappa shape index (κ2) is 52.3. The third-order valence-electron chi connectivity index (χ3n) is 11.3. The van der Waals surface area contributed by atoms with Crippen LogP contribution < -0.4 is 0 Å². The highest BCUT2D eigenvalue weighted by Gasteiger charge is 2.28. The first-order valence-corrected chi connectivity index (χ1v) is 30.9. The smallest absolute Gasteiger partial charge is 0.463 e. The predicted octanol–water partition coefficient (Wildman–Crippen LogP) is 14.1. The van der Waals surface area contributed by atoms with E-state index in [2.05, 4.69) is 108 Å². The van der Waals surface area contributed by atoms with Crippen molar-refractivity contribution in [2.45, 2.75) is 225 Å². The van der Waals surface area contributed by atoms with Gasteiger partial charge in [-0.15, -0.1) is 0 Å². The minimum Gasteiger partial charge on any atom is -0.463 e. The zero-order chi connectivity index (χ0) is 54.5. The van der Waals surface area contributed by atoms with Gasteiger partial charge in [0.2, 0.25) is 0 Å². The lowest BCUT2D eigenvalue weighted by atomic mass is 10.1. The molecule has 0 spiro atoms. The number of hydrogen-bond acceptors (Lipinski definition) is 13. The van der Waals surface area contributed by atoms with E-state index in [0.29, 0.717) is 12.8 Å². The second-order valence-electron chi connectivity index (χ2n) is 18.6. The van der Waals surface area contributed by atoms with Crippen LogP contribution >= 0.6 is 15.6 Å². The quantitative estimate of drug-likeness (QED) is 0.0165. The fourth-order valence-electron chi connectivity index (χ4n) is 6.97. The summed E-state index contributed by atoms with van der Waals surface area (Å²) in [7, 11) is -9.60. The normalized spacial score (nSPS) is 15.4. The number of carbonyl (C=O) groups excluding carboxylic acids is 2. The molecule has 0 aliphatic carbocycles. The lowest BCUT2D eigenvalue weighted by Gasteiger charge is -2.19. The summed E-state index contributed by atoms with van der Waals surface area (Å²) in [6.07, 6.45) is 56.9. The monoisotopic (exact) mass is 1090 g/mol. The standard InChI is InChI=1S/C57H100O15P2/c1-3-5-7-9-11-13-15-17-19-21-23-25-27-29-31-33-35-37-39-41-43-45-56(61)67-47-53(58)49-69-73(63,64)71-51-55(60)52-72-74(65,66)70-50-54(59)48-68-57(62)46-44-42-40-38-36-34-32-30-28-26-24-22-20-18-16-14-12-10-8-6-4-2/h11-14,17-20,23-26,29,31,53-55,58-60H,3-10,15-16,21-22,27-28,30,32-52H2,1-2H3,(H,63,64)(H,65,66)/b13-11-,14-12-,19-17-,20-18-,25-23-,26-24-,31-29-. The van der Waals surface area contributed by atoms with Crippen molar-refractivity contribution in [3.05, 3.63) is 85.1 Å². The number of aliphatic hydroxyl groups is 3. The number of rotatable bonds is 53. The Balaban J connectivity index is 3.87. The molecule has 5 N–H and O–H groups in total. The maximum atomic E-state index is 12.2. The molecule has 0 aromatic rings. The Bertz CT molecular complexity index is 1640. The molecule has 0 aromatic carbocycles. The highest BCUT2D eigenvalue weighted by atomic mass is 31.2. The van der Waals surface area contributed by atoms with Crippen LogP contribution in [0.15, 0.2) is 85.1 Å². The van der Waals surface area contributed by atoms with E-state index in [9.17, 15) is 43.8 Å². The van der Waals surface area contributed by atoms with E-state index >= 15 is 0 Å². The van der Waals surface area contributed by atoms with Gasteiger partial charge in [0.1, 0.15) is 31.5 Å². The van der Waals surface area contributed by atoms with Gasteiger partial charge in [0.25, 0.3) is 0 Å². The number of ether oxygens (including phenoxy) is 2. The van der Waals surface area contributed by atoms with Gasteiger partial charge >= 0.3 is 27.6 Å². The summed E-state index contributed by atoms with van der Waals surface area (Å²) in [4.78, 5) is 43.9. The zero-order valence-corrected chi connectivity index (χ0v) is 47.3. The number of hydrogen-bond donors (Lipinski definition) is 5. The Morgan fingerprint density at radius 1 is 0.351 bits per heavy atom. The zero-order valence-electron chi connectivity index (χ0n) is 45.5. The molecule has 15 nitrogen and oxygen atoms in total. The van der Waals surface area contributed by atoms with Gasteiger partial charge in [0.15, 0.2) is 0 Å². The average molecular weight is 1090 g/mol. The third-order valence-corrected chi connectivity index (χ3v) is 13.2. The molecule has 0 bridgehead atoms. The molecule has 0 saturated heterocycles. The lowest BCUT2D eigenvalue weighted by Crippen LogP contribution is -2.25. The Kier molecular flexibility index (Phi) is 50.3.